The normalized spacial score (nSPS) is 14.9. The molecule has 0 bridgehead atoms. The molecule has 11 heteroatoms. The van der Waals surface area contributed by atoms with E-state index in [1.165, 1.54) is 0 Å². The highest BCUT2D eigenvalue weighted by molar-refractivity contribution is 5.94. The second-order valence-corrected chi connectivity index (χ2v) is 10.6. The zero-order valence-corrected chi connectivity index (χ0v) is 25.9. The van der Waals surface area contributed by atoms with Gasteiger partial charge in [0.2, 0.25) is 17.8 Å². The molecule has 2 aliphatic rings. The monoisotopic (exact) mass is 617 g/mol. The van der Waals surface area contributed by atoms with Gasteiger partial charge in [0.05, 0.1) is 25.4 Å². The number of guanidine groups is 1. The zero-order valence-electron chi connectivity index (χ0n) is 25.9. The standard InChI is InChI=1S/C20H21N3O4.C12H20N2O2.C2H2/c1-14-11-16-12-17(7-8-18(16)27-14)22-19(21)23-20(24)26-10-9-25-13-15-5-3-2-4-6-15;15-11-6-2-1-3-9-14(11)10-12(16)13-7-4-5-8-13;1-2/h2-8,11-12H,9-10,13H2,1H3,(H3,21,22,23,24);1-10H2;1-2H. The van der Waals surface area contributed by atoms with Gasteiger partial charge in [-0.25, -0.2) is 9.79 Å². The largest absolute Gasteiger partial charge is 0.461 e. The fourth-order valence-corrected chi connectivity index (χ4v) is 4.93. The second kappa shape index (κ2) is 18.8. The van der Waals surface area contributed by atoms with Gasteiger partial charge in [-0.1, -0.05) is 36.8 Å². The van der Waals surface area contributed by atoms with E-state index in [2.05, 4.69) is 23.2 Å². The first-order valence-electron chi connectivity index (χ1n) is 15.2. The number of likely N-dealkylation sites (tertiary alicyclic amines) is 2. The van der Waals surface area contributed by atoms with E-state index in [0.717, 1.165) is 74.0 Å². The number of ether oxygens (including phenoxy) is 2. The molecule has 0 spiro atoms. The Morgan fingerprint density at radius 2 is 1.71 bits per heavy atom. The van der Waals surface area contributed by atoms with Gasteiger partial charge < -0.3 is 29.4 Å². The Kier molecular flexibility index (Phi) is 14.5. The highest BCUT2D eigenvalue weighted by atomic mass is 16.6. The summed E-state index contributed by atoms with van der Waals surface area (Å²) in [5.41, 5.74) is 8.18. The van der Waals surface area contributed by atoms with E-state index in [4.69, 9.17) is 19.6 Å². The third-order valence-electron chi connectivity index (χ3n) is 7.13. The molecule has 0 aliphatic carbocycles. The molecule has 45 heavy (non-hydrogen) atoms. The third kappa shape index (κ3) is 12.0. The number of carbonyl (C=O) groups is 3. The lowest BCUT2D eigenvalue weighted by Gasteiger charge is -2.23. The fourth-order valence-electron chi connectivity index (χ4n) is 4.93. The van der Waals surface area contributed by atoms with Gasteiger partial charge in [-0.2, -0.15) is 0 Å². The van der Waals surface area contributed by atoms with Crippen molar-refractivity contribution in [3.63, 3.8) is 0 Å². The Morgan fingerprint density at radius 3 is 2.47 bits per heavy atom. The molecule has 3 aromatic rings. The summed E-state index contributed by atoms with van der Waals surface area (Å²) < 4.78 is 16.0. The van der Waals surface area contributed by atoms with Crippen LogP contribution in [0.4, 0.5) is 10.5 Å². The first-order chi connectivity index (χ1) is 21.9. The molecule has 2 aromatic carbocycles. The van der Waals surface area contributed by atoms with Crippen LogP contribution < -0.4 is 11.1 Å². The minimum Gasteiger partial charge on any atom is -0.461 e. The summed E-state index contributed by atoms with van der Waals surface area (Å²) in [6.07, 6.45) is 13.3. The Morgan fingerprint density at radius 1 is 0.978 bits per heavy atom. The molecule has 1 aromatic heterocycles. The first kappa shape index (κ1) is 34.7. The van der Waals surface area contributed by atoms with Gasteiger partial charge in [-0.05, 0) is 62.4 Å². The molecule has 3 heterocycles. The molecular weight excluding hydrogens is 574 g/mol. The van der Waals surface area contributed by atoms with Gasteiger partial charge in [0.15, 0.2) is 0 Å². The van der Waals surface area contributed by atoms with Gasteiger partial charge in [-0.3, -0.25) is 14.9 Å². The maximum Gasteiger partial charge on any atom is 0.414 e. The average molecular weight is 618 g/mol. The summed E-state index contributed by atoms with van der Waals surface area (Å²) in [5.74, 6) is 1.05. The number of nitrogens with one attached hydrogen (secondary N) is 1. The SMILES string of the molecule is C#C.Cc1cc2cc(N=C(N)NC(=O)OCCOCc3ccccc3)ccc2o1.O=C(CN1CCCCCC1=O)N1CCCC1. The smallest absolute Gasteiger partial charge is 0.414 e. The number of furan rings is 1. The Labute approximate surface area is 264 Å². The van der Waals surface area contributed by atoms with Crippen molar-refractivity contribution in [1.82, 2.24) is 15.1 Å². The van der Waals surface area contributed by atoms with E-state index >= 15 is 0 Å². The summed E-state index contributed by atoms with van der Waals surface area (Å²) in [7, 11) is 0. The molecule has 240 valence electrons. The number of rotatable bonds is 8. The number of aliphatic imine (C=N–C) groups is 1. The van der Waals surface area contributed by atoms with Crippen LogP contribution in [0, 0.1) is 19.8 Å². The van der Waals surface area contributed by atoms with Gasteiger partial charge >= 0.3 is 6.09 Å². The quantitative estimate of drug-likeness (QED) is 0.159. The summed E-state index contributed by atoms with van der Waals surface area (Å²) >= 11 is 0. The Hall–Kier alpha value is -4.82. The molecule has 0 unspecified atom stereocenters. The van der Waals surface area contributed by atoms with Crippen LogP contribution in [0.3, 0.4) is 0 Å². The average Bonchev–Trinajstić information content (AvgIpc) is 3.66. The van der Waals surface area contributed by atoms with Crippen molar-refractivity contribution in [3.8, 4) is 12.8 Å². The van der Waals surface area contributed by atoms with Crippen LogP contribution in [0.25, 0.3) is 11.0 Å². The van der Waals surface area contributed by atoms with E-state index in [0.29, 0.717) is 25.3 Å². The molecule has 2 fully saturated rings. The Bertz CT molecular complexity index is 1430. The molecular formula is C34H43N5O6. The van der Waals surface area contributed by atoms with Gasteiger partial charge in [0, 0.05) is 31.4 Å². The van der Waals surface area contributed by atoms with E-state index in [-0.39, 0.29) is 31.0 Å². The van der Waals surface area contributed by atoms with Crippen LogP contribution in [0.15, 0.2) is 64.0 Å². The zero-order chi connectivity index (χ0) is 32.4. The lowest BCUT2D eigenvalue weighted by Crippen LogP contribution is -2.41. The van der Waals surface area contributed by atoms with E-state index in [1.807, 2.05) is 54.3 Å². The van der Waals surface area contributed by atoms with Crippen molar-refractivity contribution in [3.05, 3.63) is 65.9 Å². The molecule has 2 aliphatic heterocycles. The highest BCUT2D eigenvalue weighted by Crippen LogP contribution is 2.24. The molecule has 2 saturated heterocycles. The van der Waals surface area contributed by atoms with Crippen molar-refractivity contribution in [1.29, 1.82) is 0 Å². The van der Waals surface area contributed by atoms with Crippen LogP contribution in [-0.4, -0.2) is 73.1 Å². The number of carbonyl (C=O) groups excluding carboxylic acids is 3. The number of hydrogen-bond donors (Lipinski definition) is 2. The minimum absolute atomic E-state index is 0.0511. The fraction of sp³-hybridized carbons (Fsp3) is 0.412. The van der Waals surface area contributed by atoms with Gasteiger partial charge in [-0.15, -0.1) is 12.8 Å². The number of nitrogens with two attached hydrogens (primary N) is 1. The molecule has 0 atom stereocenters. The molecule has 3 amide bonds. The van der Waals surface area contributed by atoms with Crippen molar-refractivity contribution in [2.45, 2.75) is 52.1 Å². The first-order valence-corrected chi connectivity index (χ1v) is 15.2. The highest BCUT2D eigenvalue weighted by Gasteiger charge is 2.23. The summed E-state index contributed by atoms with van der Waals surface area (Å²) in [6, 6.07) is 17.0. The predicted octanol–water partition coefficient (Wildman–Crippen LogP) is 4.89. The maximum absolute atomic E-state index is 11.9. The minimum atomic E-state index is -0.681. The molecule has 0 saturated carbocycles. The third-order valence-corrected chi connectivity index (χ3v) is 7.13. The summed E-state index contributed by atoms with van der Waals surface area (Å²) in [4.78, 5) is 43.1. The van der Waals surface area contributed by atoms with Crippen molar-refractivity contribution >= 4 is 40.5 Å². The van der Waals surface area contributed by atoms with Crippen LogP contribution >= 0.6 is 0 Å². The van der Waals surface area contributed by atoms with E-state index in [9.17, 15) is 14.4 Å². The summed E-state index contributed by atoms with van der Waals surface area (Å²) in [5, 5.41) is 3.29. The van der Waals surface area contributed by atoms with Gasteiger partial charge in [0.1, 0.15) is 18.0 Å². The maximum atomic E-state index is 11.9. The lowest BCUT2D eigenvalue weighted by atomic mass is 10.2. The number of nitrogens with zero attached hydrogens (tertiary/aromatic N) is 3. The molecule has 0 radical (unpaired) electrons. The van der Waals surface area contributed by atoms with Gasteiger partial charge in [0.25, 0.3) is 0 Å². The number of amides is 3. The number of fused-ring (bicyclic) bond motifs is 1. The summed E-state index contributed by atoms with van der Waals surface area (Å²) in [6.45, 7) is 5.56. The lowest BCUT2D eigenvalue weighted by molar-refractivity contribution is -0.139. The predicted molar refractivity (Wildman–Crippen MR) is 174 cm³/mol. The second-order valence-electron chi connectivity index (χ2n) is 10.6. The Balaban J connectivity index is 0.000000261. The molecule has 5 rings (SSSR count). The number of terminal acetylenes is 1. The van der Waals surface area contributed by atoms with Crippen LogP contribution in [-0.2, 0) is 25.7 Å². The molecule has 11 nitrogen and oxygen atoms in total. The topological polar surface area (TPSA) is 140 Å². The number of aryl methyl sites for hydroxylation is 1. The number of alkyl carbamates (subject to hydrolysis) is 1. The number of benzene rings is 2. The van der Waals surface area contributed by atoms with Crippen LogP contribution in [0.5, 0.6) is 0 Å². The van der Waals surface area contributed by atoms with E-state index in [1.54, 1.807) is 17.0 Å². The van der Waals surface area contributed by atoms with Crippen LogP contribution in [0.2, 0.25) is 0 Å². The van der Waals surface area contributed by atoms with Crippen molar-refractivity contribution in [2.75, 3.05) is 39.4 Å². The van der Waals surface area contributed by atoms with Crippen molar-refractivity contribution < 1.29 is 28.3 Å². The van der Waals surface area contributed by atoms with E-state index < -0.39 is 6.09 Å². The number of hydrogen-bond acceptors (Lipinski definition) is 7. The van der Waals surface area contributed by atoms with Crippen LogP contribution in [0.1, 0.15) is 49.8 Å². The molecule has 3 N–H and O–H groups in total. The van der Waals surface area contributed by atoms with Crippen molar-refractivity contribution in [2.24, 2.45) is 10.7 Å².